The molecule has 3 aromatic rings. The summed E-state index contributed by atoms with van der Waals surface area (Å²) in [6.45, 7) is 4.15. The number of nitrogens with zero attached hydrogens (tertiary/aromatic N) is 1. The molecular formula is C48H55N3O10S2. The van der Waals surface area contributed by atoms with Crippen LogP contribution in [0.3, 0.4) is 0 Å². The zero-order valence-electron chi connectivity index (χ0n) is 35.3. The lowest BCUT2D eigenvalue weighted by atomic mass is 9.77. The van der Waals surface area contributed by atoms with Gasteiger partial charge in [-0.2, -0.15) is 0 Å². The van der Waals surface area contributed by atoms with Crippen LogP contribution in [0.15, 0.2) is 102 Å². The smallest absolute Gasteiger partial charge is 0.335 e. The molecule has 334 valence electrons. The first-order valence-electron chi connectivity index (χ1n) is 21.4. The van der Waals surface area contributed by atoms with Crippen molar-refractivity contribution in [3.63, 3.8) is 0 Å². The van der Waals surface area contributed by atoms with Crippen molar-refractivity contribution in [2.24, 2.45) is 22.7 Å². The molecule has 2 saturated heterocycles. The molecule has 0 unspecified atom stereocenters. The minimum atomic E-state index is -2.08. The lowest BCUT2D eigenvalue weighted by molar-refractivity contribution is -0.316. The van der Waals surface area contributed by atoms with Crippen molar-refractivity contribution in [2.75, 3.05) is 51.5 Å². The van der Waals surface area contributed by atoms with Gasteiger partial charge in [-0.05, 0) is 103 Å². The molecule has 4 aliphatic heterocycles. The number of aliphatic imine (C=N–C) groups is 1. The maximum absolute atomic E-state index is 12.7. The minimum Gasteiger partial charge on any atom is -0.508 e. The van der Waals surface area contributed by atoms with E-state index in [2.05, 4.69) is 71.1 Å². The molecule has 2 fully saturated rings. The number of hydrogen-bond acceptors (Lipinski definition) is 14. The Kier molecular flexibility index (Phi) is 14.3. The number of phenolic OH excluding ortho intramolecular Hbond substituents is 1. The molecule has 3 aromatic carbocycles. The Labute approximate surface area is 375 Å². The number of rotatable bonds is 11. The highest BCUT2D eigenvalue weighted by atomic mass is 33.1. The third-order valence-electron chi connectivity index (χ3n) is 12.7. The van der Waals surface area contributed by atoms with Crippen LogP contribution in [0.1, 0.15) is 47.9 Å². The summed E-state index contributed by atoms with van der Waals surface area (Å²) in [6.07, 6.45) is 6.34. The van der Waals surface area contributed by atoms with Crippen LogP contribution in [0.2, 0.25) is 0 Å². The van der Waals surface area contributed by atoms with Gasteiger partial charge in [0.15, 0.2) is 11.7 Å². The fourth-order valence-corrected chi connectivity index (χ4v) is 11.2. The highest BCUT2D eigenvalue weighted by Gasteiger charge is 2.59. The molecule has 0 bridgehead atoms. The van der Waals surface area contributed by atoms with Gasteiger partial charge in [0, 0.05) is 36.1 Å². The summed E-state index contributed by atoms with van der Waals surface area (Å²) < 4.78 is 24.5. The summed E-state index contributed by atoms with van der Waals surface area (Å²) >= 11 is 0. The van der Waals surface area contributed by atoms with Gasteiger partial charge in [-0.15, -0.1) is 0 Å². The summed E-state index contributed by atoms with van der Waals surface area (Å²) in [5.74, 6) is 0.649. The molecule has 0 amide bonds. The fourth-order valence-electron chi connectivity index (χ4n) is 9.19. The average molecular weight is 898 g/mol. The van der Waals surface area contributed by atoms with Gasteiger partial charge in [-0.25, -0.2) is 4.79 Å². The number of aliphatic carboxylic acids is 1. The molecule has 5 aliphatic rings. The molecule has 8 rings (SSSR count). The van der Waals surface area contributed by atoms with E-state index in [1.54, 1.807) is 35.1 Å². The van der Waals surface area contributed by atoms with Gasteiger partial charge in [0.2, 0.25) is 6.29 Å². The molecule has 0 radical (unpaired) electrons. The number of nitrogens with one attached hydrogen (secondary N) is 2. The molecule has 63 heavy (non-hydrogen) atoms. The molecule has 0 saturated carbocycles. The van der Waals surface area contributed by atoms with Crippen molar-refractivity contribution in [2.45, 2.75) is 55.9 Å². The number of β-amino-alcohol motifs (C(OH)–C–C–N with tert-alkyl or cyclic N) is 1. The number of carboxylic acid groups (broad SMARTS) is 1. The van der Waals surface area contributed by atoms with Crippen LogP contribution >= 0.6 is 21.6 Å². The number of hydrogen-bond donors (Lipinski definition) is 7. The zero-order chi connectivity index (χ0) is 44.1. The third kappa shape index (κ3) is 9.76. The van der Waals surface area contributed by atoms with Gasteiger partial charge in [-0.3, -0.25) is 4.99 Å². The Morgan fingerprint density at radius 2 is 1.94 bits per heavy atom. The van der Waals surface area contributed by atoms with Crippen LogP contribution in [0.25, 0.3) is 16.9 Å². The zero-order valence-corrected chi connectivity index (χ0v) is 36.9. The summed E-state index contributed by atoms with van der Waals surface area (Å²) in [5.41, 5.74) is 4.49. The van der Waals surface area contributed by atoms with E-state index in [9.17, 15) is 30.3 Å². The van der Waals surface area contributed by atoms with E-state index < -0.39 is 36.2 Å². The van der Waals surface area contributed by atoms with Gasteiger partial charge in [0.1, 0.15) is 47.8 Å². The lowest BCUT2D eigenvalue weighted by Crippen LogP contribution is -2.72. The van der Waals surface area contributed by atoms with Crippen LogP contribution in [0.4, 0.5) is 0 Å². The number of benzene rings is 3. The van der Waals surface area contributed by atoms with Crippen LogP contribution in [-0.2, 0) is 14.3 Å². The molecule has 4 heterocycles. The summed E-state index contributed by atoms with van der Waals surface area (Å²) in [4.78, 5) is 17.0. The highest BCUT2D eigenvalue weighted by molar-refractivity contribution is 8.76. The first kappa shape index (κ1) is 45.0. The van der Waals surface area contributed by atoms with Crippen LogP contribution in [0.5, 0.6) is 17.2 Å². The molecule has 0 spiro atoms. The minimum absolute atomic E-state index is 0.00536. The molecule has 9 atom stereocenters. The van der Waals surface area contributed by atoms with Gasteiger partial charge in [0.25, 0.3) is 0 Å². The van der Waals surface area contributed by atoms with E-state index in [1.165, 1.54) is 51.3 Å². The van der Waals surface area contributed by atoms with Crippen LogP contribution in [0, 0.1) is 17.8 Å². The van der Waals surface area contributed by atoms with E-state index >= 15 is 0 Å². The average Bonchev–Trinajstić information content (AvgIpc) is 3.82. The molecule has 1 aliphatic carbocycles. The Balaban J connectivity index is 1.06. The predicted molar refractivity (Wildman–Crippen MR) is 247 cm³/mol. The maximum Gasteiger partial charge on any atom is 0.335 e. The second-order valence-electron chi connectivity index (χ2n) is 16.7. The van der Waals surface area contributed by atoms with E-state index in [1.807, 2.05) is 13.3 Å². The number of ether oxygens (including phenoxy) is 4. The van der Waals surface area contributed by atoms with Crippen molar-refractivity contribution >= 4 is 50.7 Å². The number of phenols is 1. The second-order valence-corrected chi connectivity index (χ2v) is 19.1. The molecule has 15 heteroatoms. The first-order valence-corrected chi connectivity index (χ1v) is 23.9. The number of carboxylic acids is 1. The van der Waals surface area contributed by atoms with Crippen molar-refractivity contribution in [3.05, 3.63) is 119 Å². The van der Waals surface area contributed by atoms with E-state index in [0.717, 1.165) is 25.1 Å². The number of aliphatic hydroxyl groups excluding tert-OH is 2. The topological polar surface area (TPSA) is 192 Å². The standard InChI is InChI=1S/C48H55N3O10S2/c1-28(7-8-29-9-10-31(17-19-49-2)36-6-4-3-5-35(29)36)38-23-51-26-48(57)45(59-27-63-62-25-40(38)32-18-20-50-22-32)43(54)44(46(55)56)61-47(48)60-34-15-16-37-41(21-34)58-24-39(42(37)53)30-11-13-33(52)14-12-30/h3-6,8-16,18,21-22,28,31,38,40,43-45,47,49,51-54,57H,7,17,19-20,23-27H2,1-2H3,(H,55,56)/b29-8+/t28-,31-,38+,40+,43+,44-,45-,47+,48+/m0/s1. The third-order valence-corrected chi connectivity index (χ3v) is 14.8. The van der Waals surface area contributed by atoms with Gasteiger partial charge < -0.3 is 55.1 Å². The van der Waals surface area contributed by atoms with Gasteiger partial charge in [-0.1, -0.05) is 89.2 Å². The Bertz CT molecular complexity index is 2280. The molecule has 13 nitrogen and oxygen atoms in total. The van der Waals surface area contributed by atoms with Crippen LogP contribution < -0.4 is 20.1 Å². The number of aromatic hydroxyl groups is 1. The van der Waals surface area contributed by atoms with E-state index in [4.69, 9.17) is 18.9 Å². The SMILES string of the molecule is CNCC[C@@H]1C=C/C(=C\C[C@H](C)[C@H]2CNC[C@]3(O)[C@H](Oc4ccc5c(c4)OCC(c4ccc(O)cc4)=C5O)O[C@H](C(=O)O)[C@@H](O)[C@@H]3OCSSC[C@@H]2C2=CCN=C2)c2ccccc21. The Hall–Kier alpha value is -4.58. The Morgan fingerprint density at radius 1 is 1.11 bits per heavy atom. The summed E-state index contributed by atoms with van der Waals surface area (Å²) in [5, 5.41) is 62.1. The number of allylic oxidation sites excluding steroid dienone is 5. The van der Waals surface area contributed by atoms with E-state index in [0.29, 0.717) is 41.5 Å². The van der Waals surface area contributed by atoms with Crippen molar-refractivity contribution < 1.29 is 49.3 Å². The number of carbonyl (C=O) groups is 1. The lowest BCUT2D eigenvalue weighted by Gasteiger charge is -2.49. The van der Waals surface area contributed by atoms with Crippen molar-refractivity contribution in [3.8, 4) is 17.2 Å². The monoisotopic (exact) mass is 897 g/mol. The summed E-state index contributed by atoms with van der Waals surface area (Å²) in [6, 6.07) is 19.8. The molecular weight excluding hydrogens is 843 g/mol. The Morgan fingerprint density at radius 3 is 2.71 bits per heavy atom. The van der Waals surface area contributed by atoms with E-state index in [-0.39, 0.29) is 54.1 Å². The second kappa shape index (κ2) is 20.1. The molecule has 7 N–H and O–H groups in total. The maximum atomic E-state index is 12.7. The normalized spacial score (nSPS) is 29.6. The van der Waals surface area contributed by atoms with Crippen LogP contribution in [-0.4, -0.2) is 119 Å². The fraction of sp³-hybridized carbons (Fsp3) is 0.417. The summed E-state index contributed by atoms with van der Waals surface area (Å²) in [7, 11) is 5.04. The van der Waals surface area contributed by atoms with Gasteiger partial charge >= 0.3 is 5.97 Å². The predicted octanol–water partition coefficient (Wildman–Crippen LogP) is 6.43. The molecule has 0 aromatic heterocycles. The largest absolute Gasteiger partial charge is 0.508 e. The number of fused-ring (bicyclic) bond motifs is 3. The first-order chi connectivity index (χ1) is 30.5. The number of aliphatic hydroxyl groups is 3. The van der Waals surface area contributed by atoms with Gasteiger partial charge in [0.05, 0.1) is 12.1 Å². The van der Waals surface area contributed by atoms with Crippen molar-refractivity contribution in [1.29, 1.82) is 0 Å². The van der Waals surface area contributed by atoms with Crippen molar-refractivity contribution in [1.82, 2.24) is 10.6 Å². The quantitative estimate of drug-likeness (QED) is 0.104. The highest BCUT2D eigenvalue weighted by Crippen LogP contribution is 2.43.